The number of nitrogens with zero attached hydrogens (tertiary/aromatic N) is 1. The van der Waals surface area contributed by atoms with Gasteiger partial charge in [0.15, 0.2) is 6.04 Å². The Balaban J connectivity index is 1.66. The molecule has 2 amide bonds. The summed E-state index contributed by atoms with van der Waals surface area (Å²) in [5.74, 6) is 0.0793. The summed E-state index contributed by atoms with van der Waals surface area (Å²) in [5, 5.41) is 3.97. The highest BCUT2D eigenvalue weighted by molar-refractivity contribution is 6.30. The van der Waals surface area contributed by atoms with Gasteiger partial charge in [-0.05, 0) is 67.6 Å². The van der Waals surface area contributed by atoms with Gasteiger partial charge in [-0.25, -0.2) is 0 Å². The topological polar surface area (TPSA) is 70.4 Å². The van der Waals surface area contributed by atoms with Crippen LogP contribution in [0.5, 0.6) is 5.75 Å². The number of ether oxygens (including phenoxy) is 1. The third-order valence-corrected chi connectivity index (χ3v) is 5.72. The van der Waals surface area contributed by atoms with Crippen LogP contribution in [0.3, 0.4) is 0 Å². The zero-order valence-corrected chi connectivity index (χ0v) is 19.3. The van der Waals surface area contributed by atoms with Crippen molar-refractivity contribution in [3.63, 3.8) is 0 Å². The molecule has 168 valence electrons. The molecule has 0 aromatic heterocycles. The van der Waals surface area contributed by atoms with E-state index in [1.807, 2.05) is 49.5 Å². The summed E-state index contributed by atoms with van der Waals surface area (Å²) in [4.78, 5) is 25.8. The molecular weight excluding hydrogens is 461 g/mol. The van der Waals surface area contributed by atoms with Crippen molar-refractivity contribution in [3.8, 4) is 5.75 Å². The van der Waals surface area contributed by atoms with Gasteiger partial charge in [0.05, 0.1) is 6.61 Å². The lowest BCUT2D eigenvalue weighted by Gasteiger charge is -2.15. The maximum absolute atomic E-state index is 12.9. The number of benzene rings is 3. The summed E-state index contributed by atoms with van der Waals surface area (Å²) in [6.07, 6.45) is 1.82. The molecule has 0 bridgehead atoms. The third kappa shape index (κ3) is 5.35. The molecule has 33 heavy (non-hydrogen) atoms. The number of carbonyl (C=O) groups excluding carboxylic acids is 2. The minimum absolute atomic E-state index is 0.320. The van der Waals surface area contributed by atoms with Crippen LogP contribution in [0.15, 0.2) is 72.8 Å². The third-order valence-electron chi connectivity index (χ3n) is 5.22. The Morgan fingerprint density at radius 1 is 1.00 bits per heavy atom. The summed E-state index contributed by atoms with van der Waals surface area (Å²) < 4.78 is 7.20. The summed E-state index contributed by atoms with van der Waals surface area (Å²) in [6.45, 7) is 2.51. The number of hydrogen-bond donors (Lipinski definition) is 2. The van der Waals surface area contributed by atoms with Gasteiger partial charge in [-0.1, -0.05) is 35.3 Å². The predicted octanol–water partition coefficient (Wildman–Crippen LogP) is 4.41. The van der Waals surface area contributed by atoms with Crippen LogP contribution in [0.25, 0.3) is 0 Å². The number of nitrogens with one attached hydrogen (secondary N) is 2. The van der Waals surface area contributed by atoms with Crippen molar-refractivity contribution in [2.75, 3.05) is 6.61 Å². The zero-order chi connectivity index (χ0) is 23.4. The van der Waals surface area contributed by atoms with Gasteiger partial charge in [0.25, 0.3) is 5.91 Å². The van der Waals surface area contributed by atoms with Crippen LogP contribution in [-0.4, -0.2) is 35.4 Å². The first-order valence-corrected chi connectivity index (χ1v) is 11.2. The molecule has 0 aliphatic carbocycles. The van der Waals surface area contributed by atoms with Gasteiger partial charge in [-0.15, -0.1) is 10.1 Å². The molecule has 1 saturated heterocycles. The number of hydrogen-bond acceptors (Lipinski definition) is 3. The van der Waals surface area contributed by atoms with Crippen LogP contribution >= 0.6 is 23.2 Å². The van der Waals surface area contributed by atoms with Gasteiger partial charge in [0.1, 0.15) is 5.75 Å². The second-order valence-electron chi connectivity index (χ2n) is 7.47. The van der Waals surface area contributed by atoms with E-state index in [0.717, 1.165) is 16.9 Å². The first kappa shape index (κ1) is 22.8. The minimum atomic E-state index is -0.826. The second-order valence-corrected chi connectivity index (χ2v) is 8.34. The number of carbonyl (C=O) groups is 2. The lowest BCUT2D eigenvalue weighted by Crippen LogP contribution is -2.42. The number of hydrazone groups is 1. The molecule has 2 atom stereocenters. The second kappa shape index (κ2) is 10.1. The lowest BCUT2D eigenvalue weighted by molar-refractivity contribution is -0.596. The predicted molar refractivity (Wildman–Crippen MR) is 128 cm³/mol. The van der Waals surface area contributed by atoms with E-state index in [-0.39, 0.29) is 11.8 Å². The van der Waals surface area contributed by atoms with E-state index in [4.69, 9.17) is 27.9 Å². The van der Waals surface area contributed by atoms with E-state index < -0.39 is 12.1 Å². The average molecular weight is 483 g/mol. The van der Waals surface area contributed by atoms with Crippen LogP contribution < -0.4 is 15.5 Å². The van der Waals surface area contributed by atoms with Crippen molar-refractivity contribution in [2.24, 2.45) is 0 Å². The number of rotatable bonds is 6. The van der Waals surface area contributed by atoms with Gasteiger partial charge in [-0.2, -0.15) is 0 Å². The fourth-order valence-electron chi connectivity index (χ4n) is 3.64. The van der Waals surface area contributed by atoms with Crippen LogP contribution in [-0.2, 0) is 4.79 Å². The van der Waals surface area contributed by atoms with E-state index >= 15 is 0 Å². The zero-order valence-electron chi connectivity index (χ0n) is 17.8. The van der Waals surface area contributed by atoms with Crippen LogP contribution in [0.4, 0.5) is 0 Å². The Morgan fingerprint density at radius 3 is 2.21 bits per heavy atom. The molecule has 3 aromatic rings. The van der Waals surface area contributed by atoms with Gasteiger partial charge in [0.2, 0.25) is 12.3 Å². The minimum Gasteiger partial charge on any atom is -0.494 e. The van der Waals surface area contributed by atoms with Gasteiger partial charge >= 0.3 is 5.91 Å². The maximum Gasteiger partial charge on any atom is 0.304 e. The molecule has 0 saturated carbocycles. The Morgan fingerprint density at radius 2 is 1.61 bits per heavy atom. The molecule has 0 unspecified atom stereocenters. The van der Waals surface area contributed by atoms with Crippen LogP contribution in [0, 0.1) is 0 Å². The highest BCUT2D eigenvalue weighted by Gasteiger charge is 2.47. The van der Waals surface area contributed by atoms with Crippen LogP contribution in [0.1, 0.15) is 34.5 Å². The first-order valence-electron chi connectivity index (χ1n) is 10.4. The molecule has 1 aliphatic rings. The SMILES string of the molecule is CCOc1ccc(/C=[N+]2\NC(=O)[C@H](NC(=O)c3ccc(Cl)cc3)[C@H]2c2ccc(Cl)cc2)cc1. The van der Waals surface area contributed by atoms with Crippen molar-refractivity contribution in [2.45, 2.75) is 19.0 Å². The van der Waals surface area contributed by atoms with E-state index in [2.05, 4.69) is 10.7 Å². The van der Waals surface area contributed by atoms with E-state index in [1.165, 1.54) is 0 Å². The van der Waals surface area contributed by atoms with Crippen molar-refractivity contribution in [1.82, 2.24) is 10.7 Å². The standard InChI is InChI=1S/C25H21Cl2N3O3/c1-2-33-21-13-3-16(4-14-21)15-30-23(17-5-9-19(26)10-6-17)22(25(32)29-30)28-24(31)18-7-11-20(27)12-8-18/h3-15,22-23H,2H2,1H3,(H-,28,29,31,32)/p+1/b30-15-/t22-,23-/m1/s1. The molecular formula is C25H22Cl2N3O3+. The molecule has 3 aromatic carbocycles. The molecule has 1 aliphatic heterocycles. The van der Waals surface area contributed by atoms with Crippen molar-refractivity contribution < 1.29 is 19.0 Å². The summed E-state index contributed by atoms with van der Waals surface area (Å²) in [5.41, 5.74) is 4.96. The molecule has 1 heterocycles. The maximum atomic E-state index is 12.9. The summed E-state index contributed by atoms with van der Waals surface area (Å²) in [7, 11) is 0. The fraction of sp³-hybridized carbons (Fsp3) is 0.160. The van der Waals surface area contributed by atoms with E-state index in [9.17, 15) is 9.59 Å². The van der Waals surface area contributed by atoms with Crippen molar-refractivity contribution >= 4 is 41.2 Å². The Bertz CT molecular complexity index is 1180. The van der Waals surface area contributed by atoms with E-state index in [1.54, 1.807) is 41.1 Å². The lowest BCUT2D eigenvalue weighted by atomic mass is 10.00. The Hall–Kier alpha value is -3.35. The largest absolute Gasteiger partial charge is 0.494 e. The fourth-order valence-corrected chi connectivity index (χ4v) is 3.90. The van der Waals surface area contributed by atoms with Crippen LogP contribution in [0.2, 0.25) is 10.0 Å². The Labute approximate surface area is 201 Å². The number of amides is 2. The highest BCUT2D eigenvalue weighted by Crippen LogP contribution is 2.27. The Kier molecular flexibility index (Phi) is 6.96. The number of halogens is 2. The molecule has 8 heteroatoms. The monoisotopic (exact) mass is 482 g/mol. The molecule has 2 N–H and O–H groups in total. The van der Waals surface area contributed by atoms with E-state index in [0.29, 0.717) is 22.2 Å². The highest BCUT2D eigenvalue weighted by atomic mass is 35.5. The molecule has 4 rings (SSSR count). The molecule has 0 spiro atoms. The summed E-state index contributed by atoms with van der Waals surface area (Å²) >= 11 is 12.0. The smallest absolute Gasteiger partial charge is 0.304 e. The normalized spacial score (nSPS) is 18.8. The van der Waals surface area contributed by atoms with Gasteiger partial charge in [-0.3, -0.25) is 9.59 Å². The molecule has 0 radical (unpaired) electrons. The summed E-state index contributed by atoms with van der Waals surface area (Å²) in [6, 6.07) is 19.9. The van der Waals surface area contributed by atoms with Crippen molar-refractivity contribution in [1.29, 1.82) is 0 Å². The van der Waals surface area contributed by atoms with Gasteiger partial charge < -0.3 is 10.1 Å². The van der Waals surface area contributed by atoms with Crippen molar-refractivity contribution in [3.05, 3.63) is 99.5 Å². The quantitative estimate of drug-likeness (QED) is 0.511. The van der Waals surface area contributed by atoms with Gasteiger partial charge in [0, 0.05) is 26.7 Å². The average Bonchev–Trinajstić information content (AvgIpc) is 3.10. The molecule has 1 fully saturated rings. The molecule has 6 nitrogen and oxygen atoms in total. The number of hydrazine groups is 1. The first-order chi connectivity index (χ1) is 15.9.